The SMILES string of the molecule is CCc1cn2cc(-c3ncc4cc(N5C[C@@H](C)N[C@@H](C)C5)ccc4n3)cc(F)c2n1. The molecular formula is C23H25FN6. The molecule has 1 aliphatic rings. The van der Waals surface area contributed by atoms with E-state index in [9.17, 15) is 4.39 Å². The van der Waals surface area contributed by atoms with Crippen LogP contribution in [0, 0.1) is 5.82 Å². The molecule has 4 aromatic rings. The minimum Gasteiger partial charge on any atom is -0.368 e. The van der Waals surface area contributed by atoms with Crippen LogP contribution in [0.3, 0.4) is 0 Å². The zero-order chi connectivity index (χ0) is 20.8. The summed E-state index contributed by atoms with van der Waals surface area (Å²) in [6.45, 7) is 8.36. The molecule has 3 aromatic heterocycles. The molecule has 1 aromatic carbocycles. The molecule has 6 nitrogen and oxygen atoms in total. The first kappa shape index (κ1) is 18.9. The molecule has 0 bridgehead atoms. The van der Waals surface area contributed by atoms with Gasteiger partial charge in [0.05, 0.1) is 11.2 Å². The summed E-state index contributed by atoms with van der Waals surface area (Å²) in [5, 5.41) is 4.54. The number of nitrogens with one attached hydrogen (secondary N) is 1. The van der Waals surface area contributed by atoms with E-state index in [4.69, 9.17) is 4.98 Å². The fourth-order valence-corrected chi connectivity index (χ4v) is 4.29. The highest BCUT2D eigenvalue weighted by atomic mass is 19.1. The Morgan fingerprint density at radius 2 is 1.90 bits per heavy atom. The van der Waals surface area contributed by atoms with Gasteiger partial charge in [0.15, 0.2) is 17.3 Å². The predicted molar refractivity (Wildman–Crippen MR) is 117 cm³/mol. The lowest BCUT2D eigenvalue weighted by Crippen LogP contribution is -2.54. The third-order valence-electron chi connectivity index (χ3n) is 5.66. The minimum atomic E-state index is -0.367. The van der Waals surface area contributed by atoms with Crippen molar-refractivity contribution in [1.82, 2.24) is 24.7 Å². The van der Waals surface area contributed by atoms with Crippen LogP contribution in [0.2, 0.25) is 0 Å². The van der Waals surface area contributed by atoms with Crippen LogP contribution in [0.5, 0.6) is 0 Å². The number of rotatable bonds is 3. The summed E-state index contributed by atoms with van der Waals surface area (Å²) in [6, 6.07) is 8.62. The molecule has 1 saturated heterocycles. The zero-order valence-electron chi connectivity index (χ0n) is 17.4. The minimum absolute atomic E-state index is 0.334. The second-order valence-electron chi connectivity index (χ2n) is 8.20. The van der Waals surface area contributed by atoms with E-state index in [0.29, 0.717) is 29.1 Å². The van der Waals surface area contributed by atoms with E-state index >= 15 is 0 Å². The lowest BCUT2D eigenvalue weighted by atomic mass is 10.1. The van der Waals surface area contributed by atoms with Gasteiger partial charge < -0.3 is 14.6 Å². The summed E-state index contributed by atoms with van der Waals surface area (Å²) in [7, 11) is 0. The fourth-order valence-electron chi connectivity index (χ4n) is 4.29. The van der Waals surface area contributed by atoms with Crippen molar-refractivity contribution in [3.63, 3.8) is 0 Å². The molecule has 0 unspecified atom stereocenters. The number of aromatic nitrogens is 4. The van der Waals surface area contributed by atoms with Crippen molar-refractivity contribution in [2.75, 3.05) is 18.0 Å². The number of aryl methyl sites for hydroxylation is 1. The first-order valence-electron chi connectivity index (χ1n) is 10.5. The standard InChI is InChI=1S/C23H25FN6/c1-4-18-13-30-12-17(8-20(24)23(30)27-18)22-25-9-16-7-19(5-6-21(16)28-22)29-10-14(2)26-15(3)11-29/h5-9,12-15,26H,4,10-11H2,1-3H3/t14-,15+. The Morgan fingerprint density at radius 1 is 1.10 bits per heavy atom. The Labute approximate surface area is 174 Å². The number of pyridine rings is 1. The Hall–Kier alpha value is -3.06. The first-order chi connectivity index (χ1) is 14.5. The number of piperazine rings is 1. The third kappa shape index (κ3) is 3.39. The van der Waals surface area contributed by atoms with Gasteiger partial charge in [-0.1, -0.05) is 6.92 Å². The second kappa shape index (κ2) is 7.32. The van der Waals surface area contributed by atoms with Crippen molar-refractivity contribution < 1.29 is 4.39 Å². The summed E-state index contributed by atoms with van der Waals surface area (Å²) in [5.74, 6) is 0.139. The van der Waals surface area contributed by atoms with Crippen molar-refractivity contribution in [2.24, 2.45) is 0 Å². The van der Waals surface area contributed by atoms with Gasteiger partial charge in [-0.05, 0) is 44.5 Å². The largest absolute Gasteiger partial charge is 0.368 e. The van der Waals surface area contributed by atoms with Crippen molar-refractivity contribution in [3.8, 4) is 11.4 Å². The number of benzene rings is 1. The molecule has 0 radical (unpaired) electrons. The van der Waals surface area contributed by atoms with Gasteiger partial charge in [0.25, 0.3) is 0 Å². The van der Waals surface area contributed by atoms with Crippen molar-refractivity contribution in [1.29, 1.82) is 0 Å². The van der Waals surface area contributed by atoms with E-state index in [2.05, 4.69) is 46.2 Å². The van der Waals surface area contributed by atoms with Crippen LogP contribution in [0.1, 0.15) is 26.5 Å². The topological polar surface area (TPSA) is 58.4 Å². The van der Waals surface area contributed by atoms with Gasteiger partial charge in [-0.25, -0.2) is 19.3 Å². The summed E-state index contributed by atoms with van der Waals surface area (Å²) >= 11 is 0. The molecule has 0 aliphatic carbocycles. The van der Waals surface area contributed by atoms with Crippen LogP contribution >= 0.6 is 0 Å². The van der Waals surface area contributed by atoms with Crippen LogP contribution in [-0.2, 0) is 6.42 Å². The van der Waals surface area contributed by atoms with Crippen LogP contribution in [0.15, 0.2) is 42.9 Å². The lowest BCUT2D eigenvalue weighted by molar-refractivity contribution is 0.407. The smallest absolute Gasteiger partial charge is 0.173 e. The number of hydrogen-bond acceptors (Lipinski definition) is 5. The maximum Gasteiger partial charge on any atom is 0.173 e. The van der Waals surface area contributed by atoms with E-state index in [1.54, 1.807) is 4.40 Å². The fraction of sp³-hybridized carbons (Fsp3) is 0.348. The highest BCUT2D eigenvalue weighted by molar-refractivity contribution is 5.83. The Bertz CT molecular complexity index is 1220. The molecular weight excluding hydrogens is 379 g/mol. The van der Waals surface area contributed by atoms with Crippen LogP contribution in [-0.4, -0.2) is 44.5 Å². The van der Waals surface area contributed by atoms with E-state index < -0.39 is 0 Å². The predicted octanol–water partition coefficient (Wildman–Crippen LogP) is 3.83. The number of fused-ring (bicyclic) bond motifs is 2. The van der Waals surface area contributed by atoms with Crippen molar-refractivity contribution in [3.05, 3.63) is 54.4 Å². The van der Waals surface area contributed by atoms with E-state index in [1.807, 2.05) is 31.6 Å². The molecule has 154 valence electrons. The molecule has 30 heavy (non-hydrogen) atoms. The molecule has 1 N–H and O–H groups in total. The number of anilines is 1. The van der Waals surface area contributed by atoms with Gasteiger partial charge in [-0.3, -0.25) is 0 Å². The van der Waals surface area contributed by atoms with Gasteiger partial charge in [0, 0.05) is 60.4 Å². The summed E-state index contributed by atoms with van der Waals surface area (Å²) in [6.07, 6.45) is 6.27. The lowest BCUT2D eigenvalue weighted by Gasteiger charge is -2.37. The summed E-state index contributed by atoms with van der Waals surface area (Å²) in [5.41, 5.74) is 3.85. The van der Waals surface area contributed by atoms with Crippen LogP contribution in [0.4, 0.5) is 10.1 Å². The molecule has 0 saturated carbocycles. The van der Waals surface area contributed by atoms with Crippen LogP contribution < -0.4 is 10.2 Å². The first-order valence-corrected chi connectivity index (χ1v) is 10.5. The summed E-state index contributed by atoms with van der Waals surface area (Å²) in [4.78, 5) is 15.9. The molecule has 7 heteroatoms. The number of nitrogens with zero attached hydrogens (tertiary/aromatic N) is 5. The van der Waals surface area contributed by atoms with Gasteiger partial charge in [0.1, 0.15) is 0 Å². The van der Waals surface area contributed by atoms with E-state index in [1.165, 1.54) is 11.8 Å². The number of imidazole rings is 1. The Kier molecular flexibility index (Phi) is 4.62. The molecule has 1 aliphatic heterocycles. The average Bonchev–Trinajstić information content (AvgIpc) is 3.16. The molecule has 0 spiro atoms. The molecule has 0 amide bonds. The zero-order valence-corrected chi connectivity index (χ0v) is 17.4. The van der Waals surface area contributed by atoms with Gasteiger partial charge in [-0.15, -0.1) is 0 Å². The van der Waals surface area contributed by atoms with Crippen molar-refractivity contribution >= 4 is 22.2 Å². The Balaban J connectivity index is 1.50. The molecule has 2 atom stereocenters. The third-order valence-corrected chi connectivity index (χ3v) is 5.66. The second-order valence-corrected chi connectivity index (χ2v) is 8.20. The van der Waals surface area contributed by atoms with Gasteiger partial charge in [-0.2, -0.15) is 0 Å². The highest BCUT2D eigenvalue weighted by Gasteiger charge is 2.21. The van der Waals surface area contributed by atoms with Crippen LogP contribution in [0.25, 0.3) is 27.9 Å². The highest BCUT2D eigenvalue weighted by Crippen LogP contribution is 2.25. The maximum atomic E-state index is 14.6. The monoisotopic (exact) mass is 404 g/mol. The summed E-state index contributed by atoms with van der Waals surface area (Å²) < 4.78 is 16.3. The quantitative estimate of drug-likeness (QED) is 0.562. The number of hydrogen-bond donors (Lipinski definition) is 1. The van der Waals surface area contributed by atoms with Gasteiger partial charge >= 0.3 is 0 Å². The maximum absolute atomic E-state index is 14.6. The van der Waals surface area contributed by atoms with Gasteiger partial charge in [0.2, 0.25) is 0 Å². The normalized spacial score (nSPS) is 19.7. The van der Waals surface area contributed by atoms with E-state index in [-0.39, 0.29) is 5.82 Å². The van der Waals surface area contributed by atoms with Crippen molar-refractivity contribution in [2.45, 2.75) is 39.3 Å². The molecule has 4 heterocycles. The Morgan fingerprint density at radius 3 is 2.67 bits per heavy atom. The molecule has 5 rings (SSSR count). The van der Waals surface area contributed by atoms with E-state index in [0.717, 1.165) is 36.1 Å². The molecule has 1 fully saturated rings. The number of halogens is 1. The average molecular weight is 404 g/mol.